The predicted molar refractivity (Wildman–Crippen MR) is 123 cm³/mol. The SMILES string of the molecule is C[C@@H](c1ccc(B2OC(C)(C)C(C)(C)O2)cc1)[C@H](Nc1ccccc1)C(=O)N(C)C. The Morgan fingerprint density at radius 2 is 1.47 bits per heavy atom. The lowest BCUT2D eigenvalue weighted by atomic mass is 9.78. The highest BCUT2D eigenvalue weighted by Crippen LogP contribution is 2.36. The smallest absolute Gasteiger partial charge is 0.399 e. The first-order chi connectivity index (χ1) is 14.0. The number of amides is 1. The van der Waals surface area contributed by atoms with Crippen molar-refractivity contribution in [3.05, 3.63) is 60.2 Å². The number of nitrogens with one attached hydrogen (secondary N) is 1. The molecule has 160 valence electrons. The molecular formula is C24H33BN2O3. The van der Waals surface area contributed by atoms with Gasteiger partial charge in [0.05, 0.1) is 11.2 Å². The summed E-state index contributed by atoms with van der Waals surface area (Å²) in [5.74, 6) is 0.0221. The zero-order valence-electron chi connectivity index (χ0n) is 19.1. The molecule has 0 radical (unpaired) electrons. The lowest BCUT2D eigenvalue weighted by Crippen LogP contribution is -2.42. The van der Waals surface area contributed by atoms with Crippen molar-refractivity contribution in [1.29, 1.82) is 0 Å². The fourth-order valence-electron chi connectivity index (χ4n) is 3.52. The van der Waals surface area contributed by atoms with Gasteiger partial charge in [0.1, 0.15) is 6.04 Å². The highest BCUT2D eigenvalue weighted by atomic mass is 16.7. The van der Waals surface area contributed by atoms with Crippen molar-refractivity contribution in [3.8, 4) is 0 Å². The van der Waals surface area contributed by atoms with Crippen molar-refractivity contribution in [3.63, 3.8) is 0 Å². The Balaban J connectivity index is 1.80. The molecule has 1 heterocycles. The van der Waals surface area contributed by atoms with Crippen LogP contribution in [0.25, 0.3) is 0 Å². The van der Waals surface area contributed by atoms with E-state index in [1.807, 2.05) is 42.5 Å². The molecule has 2 aromatic rings. The van der Waals surface area contributed by atoms with E-state index in [1.54, 1.807) is 19.0 Å². The highest BCUT2D eigenvalue weighted by Gasteiger charge is 2.51. The van der Waals surface area contributed by atoms with E-state index in [-0.39, 0.29) is 36.2 Å². The van der Waals surface area contributed by atoms with Crippen molar-refractivity contribution < 1.29 is 14.1 Å². The van der Waals surface area contributed by atoms with Crippen LogP contribution in [0, 0.1) is 0 Å². The van der Waals surface area contributed by atoms with Crippen molar-refractivity contribution in [2.24, 2.45) is 0 Å². The molecule has 1 amide bonds. The number of rotatable bonds is 6. The Morgan fingerprint density at radius 3 is 1.97 bits per heavy atom. The van der Waals surface area contributed by atoms with Crippen LogP contribution in [0.15, 0.2) is 54.6 Å². The van der Waals surface area contributed by atoms with E-state index < -0.39 is 0 Å². The van der Waals surface area contributed by atoms with Gasteiger partial charge < -0.3 is 19.5 Å². The maximum absolute atomic E-state index is 12.9. The minimum Gasteiger partial charge on any atom is -0.399 e. The topological polar surface area (TPSA) is 50.8 Å². The number of likely N-dealkylation sites (N-methyl/N-ethyl adjacent to an activating group) is 1. The molecule has 1 aliphatic heterocycles. The standard InChI is InChI=1S/C24H33BN2O3/c1-17(21(22(28)27(6)7)26-20-11-9-8-10-12-20)18-13-15-19(16-14-18)25-29-23(2,3)24(4,5)30-25/h8-17,21,26H,1-7H3/t17-,21-/m0/s1. The van der Waals surface area contributed by atoms with E-state index >= 15 is 0 Å². The molecule has 5 nitrogen and oxygen atoms in total. The third-order valence-corrected chi connectivity index (χ3v) is 6.29. The Bertz CT molecular complexity index is 850. The van der Waals surface area contributed by atoms with Crippen LogP contribution >= 0.6 is 0 Å². The van der Waals surface area contributed by atoms with E-state index in [1.165, 1.54) is 0 Å². The highest BCUT2D eigenvalue weighted by molar-refractivity contribution is 6.62. The van der Waals surface area contributed by atoms with Crippen molar-refractivity contribution in [1.82, 2.24) is 4.90 Å². The monoisotopic (exact) mass is 408 g/mol. The number of anilines is 1. The van der Waals surface area contributed by atoms with Gasteiger partial charge >= 0.3 is 7.12 Å². The number of benzene rings is 2. The Hall–Kier alpha value is -2.31. The number of carbonyl (C=O) groups is 1. The van der Waals surface area contributed by atoms with Gasteiger partial charge in [-0.2, -0.15) is 0 Å². The number of nitrogens with zero attached hydrogens (tertiary/aromatic N) is 1. The number of carbonyl (C=O) groups excluding carboxylic acids is 1. The van der Waals surface area contributed by atoms with Gasteiger partial charge in [0.2, 0.25) is 5.91 Å². The lowest BCUT2D eigenvalue weighted by Gasteiger charge is -2.32. The molecule has 1 N–H and O–H groups in total. The van der Waals surface area contributed by atoms with Crippen LogP contribution in [0.1, 0.15) is 46.1 Å². The van der Waals surface area contributed by atoms with Gasteiger partial charge in [-0.15, -0.1) is 0 Å². The number of para-hydroxylation sites is 1. The summed E-state index contributed by atoms with van der Waals surface area (Å²) in [4.78, 5) is 14.5. The summed E-state index contributed by atoms with van der Waals surface area (Å²) in [5.41, 5.74) is 2.26. The average molecular weight is 408 g/mol. The number of hydrogen-bond donors (Lipinski definition) is 1. The van der Waals surface area contributed by atoms with E-state index in [0.29, 0.717) is 0 Å². The molecule has 3 rings (SSSR count). The number of hydrogen-bond acceptors (Lipinski definition) is 4. The van der Waals surface area contributed by atoms with Crippen LogP contribution in [0.3, 0.4) is 0 Å². The Kier molecular flexibility index (Phi) is 6.30. The van der Waals surface area contributed by atoms with Crippen molar-refractivity contribution in [2.45, 2.75) is 57.8 Å². The van der Waals surface area contributed by atoms with Gasteiger partial charge in [-0.1, -0.05) is 49.4 Å². The summed E-state index contributed by atoms with van der Waals surface area (Å²) >= 11 is 0. The molecule has 30 heavy (non-hydrogen) atoms. The molecular weight excluding hydrogens is 375 g/mol. The summed E-state index contributed by atoms with van der Waals surface area (Å²) in [6.45, 7) is 10.3. The Morgan fingerprint density at radius 1 is 0.933 bits per heavy atom. The van der Waals surface area contributed by atoms with Gasteiger partial charge in [-0.05, 0) is 50.9 Å². The van der Waals surface area contributed by atoms with Gasteiger partial charge in [0.15, 0.2) is 0 Å². The first-order valence-corrected chi connectivity index (χ1v) is 10.5. The molecule has 0 unspecified atom stereocenters. The van der Waals surface area contributed by atoms with Crippen LogP contribution in [-0.2, 0) is 14.1 Å². The van der Waals surface area contributed by atoms with Crippen LogP contribution in [-0.4, -0.2) is 49.3 Å². The molecule has 1 saturated heterocycles. The molecule has 0 aromatic heterocycles. The summed E-state index contributed by atoms with van der Waals surface area (Å²) in [7, 11) is 3.19. The van der Waals surface area contributed by atoms with E-state index in [9.17, 15) is 4.79 Å². The van der Waals surface area contributed by atoms with E-state index in [2.05, 4.69) is 52.1 Å². The zero-order chi connectivity index (χ0) is 22.1. The Labute approximate surface area is 180 Å². The summed E-state index contributed by atoms with van der Waals surface area (Å²) in [5, 5.41) is 3.41. The third kappa shape index (κ3) is 4.55. The molecule has 0 aliphatic carbocycles. The predicted octanol–water partition coefficient (Wildman–Crippen LogP) is 3.66. The van der Waals surface area contributed by atoms with Gasteiger partial charge in [0, 0.05) is 25.7 Å². The van der Waals surface area contributed by atoms with Gasteiger partial charge in [-0.3, -0.25) is 4.79 Å². The first-order valence-electron chi connectivity index (χ1n) is 10.5. The molecule has 1 fully saturated rings. The minimum absolute atomic E-state index is 0.0209. The summed E-state index contributed by atoms with van der Waals surface area (Å²) in [6.07, 6.45) is 0. The first kappa shape index (κ1) is 22.4. The van der Waals surface area contributed by atoms with Crippen molar-refractivity contribution in [2.75, 3.05) is 19.4 Å². The third-order valence-electron chi connectivity index (χ3n) is 6.29. The second-order valence-corrected chi connectivity index (χ2v) is 9.26. The fraction of sp³-hybridized carbons (Fsp3) is 0.458. The largest absolute Gasteiger partial charge is 0.494 e. The quantitative estimate of drug-likeness (QED) is 0.742. The van der Waals surface area contributed by atoms with E-state index in [4.69, 9.17) is 9.31 Å². The average Bonchev–Trinajstić information content (AvgIpc) is 2.93. The molecule has 1 aliphatic rings. The fourth-order valence-corrected chi connectivity index (χ4v) is 3.52. The van der Waals surface area contributed by atoms with Crippen LogP contribution in [0.2, 0.25) is 0 Å². The normalized spacial score (nSPS) is 19.2. The zero-order valence-corrected chi connectivity index (χ0v) is 19.1. The van der Waals surface area contributed by atoms with Crippen molar-refractivity contribution >= 4 is 24.2 Å². The van der Waals surface area contributed by atoms with Gasteiger partial charge in [-0.25, -0.2) is 0 Å². The summed E-state index contributed by atoms with van der Waals surface area (Å²) < 4.78 is 12.3. The molecule has 0 saturated carbocycles. The van der Waals surface area contributed by atoms with Crippen LogP contribution in [0.5, 0.6) is 0 Å². The van der Waals surface area contributed by atoms with Crippen LogP contribution in [0.4, 0.5) is 5.69 Å². The molecule has 6 heteroatoms. The second kappa shape index (κ2) is 8.44. The molecule has 0 bridgehead atoms. The van der Waals surface area contributed by atoms with Gasteiger partial charge in [0.25, 0.3) is 0 Å². The molecule has 0 spiro atoms. The molecule has 2 atom stereocenters. The second-order valence-electron chi connectivity index (χ2n) is 9.26. The van der Waals surface area contributed by atoms with Crippen LogP contribution < -0.4 is 10.8 Å². The lowest BCUT2D eigenvalue weighted by molar-refractivity contribution is -0.129. The molecule has 2 aromatic carbocycles. The summed E-state index contributed by atoms with van der Waals surface area (Å²) in [6, 6.07) is 17.7. The van der Waals surface area contributed by atoms with E-state index in [0.717, 1.165) is 16.7 Å². The maximum Gasteiger partial charge on any atom is 0.494 e. The maximum atomic E-state index is 12.9. The minimum atomic E-state index is -0.388.